The molecule has 1 aliphatic heterocycles. The molecular weight excluding hydrogens is 374 g/mol. The van der Waals surface area contributed by atoms with E-state index in [1.165, 1.54) is 0 Å². The number of aryl methyl sites for hydroxylation is 1. The number of carbonyl (C=O) groups excluding carboxylic acids is 1. The molecule has 0 saturated carbocycles. The molecule has 1 atom stereocenters. The van der Waals surface area contributed by atoms with Gasteiger partial charge in [-0.2, -0.15) is 5.10 Å². The molecule has 0 radical (unpaired) electrons. The lowest BCUT2D eigenvalue weighted by molar-refractivity contribution is -0.0350. The van der Waals surface area contributed by atoms with Gasteiger partial charge in [0.2, 0.25) is 11.8 Å². The van der Waals surface area contributed by atoms with Gasteiger partial charge in [-0.1, -0.05) is 25.1 Å². The third-order valence-corrected chi connectivity index (χ3v) is 4.80. The molecule has 3 heterocycles. The Labute approximate surface area is 168 Å². The quantitative estimate of drug-likeness (QED) is 0.629. The Hall–Kier alpha value is -3.04. The molecule has 1 aliphatic rings. The minimum atomic E-state index is -0.435. The summed E-state index contributed by atoms with van der Waals surface area (Å²) in [5.74, 6) is 0.831. The van der Waals surface area contributed by atoms with Crippen LogP contribution in [0.25, 0.3) is 5.69 Å². The number of carbonyl (C=O) groups is 1. The van der Waals surface area contributed by atoms with E-state index in [9.17, 15) is 4.79 Å². The molecule has 3 aromatic rings. The van der Waals surface area contributed by atoms with E-state index in [1.54, 1.807) is 22.9 Å². The summed E-state index contributed by atoms with van der Waals surface area (Å²) in [5.41, 5.74) is 2.09. The van der Waals surface area contributed by atoms with Crippen molar-refractivity contribution in [1.29, 1.82) is 0 Å². The Morgan fingerprint density at radius 3 is 2.83 bits per heavy atom. The maximum Gasteiger partial charge on any atom is 0.257 e. The number of hydrogen-bond donors (Lipinski definition) is 0. The Balaban J connectivity index is 1.58. The molecule has 1 saturated heterocycles. The van der Waals surface area contributed by atoms with E-state index in [-0.39, 0.29) is 12.5 Å². The second-order valence-electron chi connectivity index (χ2n) is 6.68. The van der Waals surface area contributed by atoms with Crippen molar-refractivity contribution in [2.24, 2.45) is 0 Å². The molecule has 152 valence electrons. The van der Waals surface area contributed by atoms with Crippen molar-refractivity contribution in [3.63, 3.8) is 0 Å². The van der Waals surface area contributed by atoms with Gasteiger partial charge in [0, 0.05) is 20.1 Å². The van der Waals surface area contributed by atoms with Gasteiger partial charge in [0.25, 0.3) is 5.91 Å². The second kappa shape index (κ2) is 8.54. The first-order chi connectivity index (χ1) is 14.2. The van der Waals surface area contributed by atoms with Crippen LogP contribution in [0.2, 0.25) is 0 Å². The summed E-state index contributed by atoms with van der Waals surface area (Å²) in [6.45, 7) is 3.43. The Bertz CT molecular complexity index is 968. The zero-order valence-electron chi connectivity index (χ0n) is 16.4. The molecule has 1 fully saturated rings. The topological polar surface area (TPSA) is 95.5 Å². The van der Waals surface area contributed by atoms with Crippen LogP contribution < -0.4 is 0 Å². The van der Waals surface area contributed by atoms with Crippen molar-refractivity contribution >= 4 is 5.91 Å². The number of methoxy groups -OCH3 is 1. The first kappa shape index (κ1) is 19.3. The van der Waals surface area contributed by atoms with Gasteiger partial charge in [-0.05, 0) is 12.1 Å². The number of amides is 1. The van der Waals surface area contributed by atoms with E-state index < -0.39 is 6.10 Å². The monoisotopic (exact) mass is 397 g/mol. The highest BCUT2D eigenvalue weighted by atomic mass is 16.5. The van der Waals surface area contributed by atoms with Crippen molar-refractivity contribution in [2.45, 2.75) is 26.1 Å². The molecule has 0 bridgehead atoms. The minimum absolute atomic E-state index is 0.122. The fraction of sp³-hybridized carbons (Fsp3) is 0.400. The lowest BCUT2D eigenvalue weighted by Crippen LogP contribution is -2.42. The minimum Gasteiger partial charge on any atom is -0.422 e. The molecule has 29 heavy (non-hydrogen) atoms. The standard InChI is InChI=1S/C20H23N5O4/c1-3-18-22-23-19(29-18)17-12-24(9-10-28-17)20(26)15-11-21-25(16(15)13-27-2)14-7-5-4-6-8-14/h4-8,11,17H,3,9-10,12-13H2,1-2H3. The Morgan fingerprint density at radius 1 is 1.28 bits per heavy atom. The summed E-state index contributed by atoms with van der Waals surface area (Å²) in [6.07, 6.45) is 1.81. The van der Waals surface area contributed by atoms with Crippen molar-refractivity contribution in [3.8, 4) is 5.69 Å². The molecular formula is C20H23N5O4. The third-order valence-electron chi connectivity index (χ3n) is 4.80. The molecule has 0 N–H and O–H groups in total. The van der Waals surface area contributed by atoms with Gasteiger partial charge in [0.05, 0.1) is 42.9 Å². The number of nitrogens with zero attached hydrogens (tertiary/aromatic N) is 5. The molecule has 2 aromatic heterocycles. The maximum atomic E-state index is 13.3. The predicted molar refractivity (Wildman–Crippen MR) is 103 cm³/mol. The summed E-state index contributed by atoms with van der Waals surface area (Å²) in [6, 6.07) is 9.66. The van der Waals surface area contributed by atoms with Crippen LogP contribution in [0.1, 0.15) is 40.9 Å². The molecule has 1 unspecified atom stereocenters. The van der Waals surface area contributed by atoms with Crippen LogP contribution in [-0.4, -0.2) is 57.6 Å². The highest BCUT2D eigenvalue weighted by Crippen LogP contribution is 2.24. The summed E-state index contributed by atoms with van der Waals surface area (Å²) in [4.78, 5) is 15.0. The summed E-state index contributed by atoms with van der Waals surface area (Å²) >= 11 is 0. The lowest BCUT2D eigenvalue weighted by Gasteiger charge is -2.31. The summed E-state index contributed by atoms with van der Waals surface area (Å²) < 4.78 is 18.4. The van der Waals surface area contributed by atoms with E-state index in [0.717, 1.165) is 5.69 Å². The van der Waals surface area contributed by atoms with Gasteiger partial charge in [0.1, 0.15) is 0 Å². The van der Waals surface area contributed by atoms with Gasteiger partial charge in [-0.15, -0.1) is 10.2 Å². The van der Waals surface area contributed by atoms with Crippen molar-refractivity contribution in [1.82, 2.24) is 24.9 Å². The van der Waals surface area contributed by atoms with Crippen LogP contribution >= 0.6 is 0 Å². The SMILES string of the molecule is CCc1nnc(C2CN(C(=O)c3cnn(-c4ccccc4)c3COC)CCO2)o1. The van der Waals surface area contributed by atoms with E-state index in [4.69, 9.17) is 13.9 Å². The van der Waals surface area contributed by atoms with Crippen LogP contribution in [0.4, 0.5) is 0 Å². The first-order valence-corrected chi connectivity index (χ1v) is 9.55. The molecule has 1 aromatic carbocycles. The zero-order valence-corrected chi connectivity index (χ0v) is 16.4. The molecule has 1 amide bonds. The Kier molecular flexibility index (Phi) is 5.68. The highest BCUT2D eigenvalue weighted by molar-refractivity contribution is 5.95. The fourth-order valence-corrected chi connectivity index (χ4v) is 3.31. The van der Waals surface area contributed by atoms with Crippen molar-refractivity contribution in [3.05, 3.63) is 59.6 Å². The number of hydrogen-bond acceptors (Lipinski definition) is 7. The average Bonchev–Trinajstić information content (AvgIpc) is 3.42. The number of morpholine rings is 1. The first-order valence-electron chi connectivity index (χ1n) is 9.55. The van der Waals surface area contributed by atoms with E-state index >= 15 is 0 Å². The summed E-state index contributed by atoms with van der Waals surface area (Å²) in [7, 11) is 1.60. The Morgan fingerprint density at radius 2 is 2.10 bits per heavy atom. The van der Waals surface area contributed by atoms with E-state index in [2.05, 4.69) is 15.3 Å². The van der Waals surface area contributed by atoms with Gasteiger partial charge < -0.3 is 18.8 Å². The average molecular weight is 397 g/mol. The van der Waals surface area contributed by atoms with Crippen LogP contribution in [0.5, 0.6) is 0 Å². The van der Waals surface area contributed by atoms with Gasteiger partial charge in [-0.25, -0.2) is 4.68 Å². The van der Waals surface area contributed by atoms with Gasteiger partial charge >= 0.3 is 0 Å². The third kappa shape index (κ3) is 3.92. The summed E-state index contributed by atoms with van der Waals surface area (Å²) in [5, 5.41) is 12.5. The second-order valence-corrected chi connectivity index (χ2v) is 6.68. The van der Waals surface area contributed by atoms with E-state index in [1.807, 2.05) is 37.3 Å². The normalized spacial score (nSPS) is 16.9. The number of rotatable bonds is 6. The number of ether oxygens (including phenoxy) is 2. The van der Waals surface area contributed by atoms with Crippen molar-refractivity contribution < 1.29 is 18.7 Å². The van der Waals surface area contributed by atoms with Crippen LogP contribution in [0.15, 0.2) is 40.9 Å². The molecule has 0 spiro atoms. The molecule has 9 heteroatoms. The molecule has 0 aliphatic carbocycles. The molecule has 9 nitrogen and oxygen atoms in total. The van der Waals surface area contributed by atoms with Crippen LogP contribution in [-0.2, 0) is 22.5 Å². The van der Waals surface area contributed by atoms with Crippen molar-refractivity contribution in [2.75, 3.05) is 26.8 Å². The number of benzene rings is 1. The highest BCUT2D eigenvalue weighted by Gasteiger charge is 2.31. The van der Waals surface area contributed by atoms with Gasteiger partial charge in [0.15, 0.2) is 6.10 Å². The number of aromatic nitrogens is 4. The van der Waals surface area contributed by atoms with Gasteiger partial charge in [-0.3, -0.25) is 4.79 Å². The lowest BCUT2D eigenvalue weighted by atomic mass is 10.2. The molecule has 4 rings (SSSR count). The van der Waals surface area contributed by atoms with Crippen LogP contribution in [0, 0.1) is 0 Å². The maximum absolute atomic E-state index is 13.3. The largest absolute Gasteiger partial charge is 0.422 e. The van der Waals surface area contributed by atoms with E-state index in [0.29, 0.717) is 49.2 Å². The zero-order chi connectivity index (χ0) is 20.2. The van der Waals surface area contributed by atoms with Crippen LogP contribution in [0.3, 0.4) is 0 Å². The fourth-order valence-electron chi connectivity index (χ4n) is 3.31. The predicted octanol–water partition coefficient (Wildman–Crippen LogP) is 2.18. The smallest absolute Gasteiger partial charge is 0.257 e. The number of para-hydroxylation sites is 1.